The number of nitrogens with zero attached hydrogens (tertiary/aromatic N) is 2. The van der Waals surface area contributed by atoms with Gasteiger partial charge in [-0.2, -0.15) is 0 Å². The van der Waals surface area contributed by atoms with E-state index in [2.05, 4.69) is 10.6 Å². The minimum absolute atomic E-state index is 0.0321. The molecule has 2 heterocycles. The van der Waals surface area contributed by atoms with Crippen LogP contribution in [0.5, 0.6) is 0 Å². The normalized spacial score (nSPS) is 16.8. The van der Waals surface area contributed by atoms with Gasteiger partial charge in [0.1, 0.15) is 12.1 Å². The van der Waals surface area contributed by atoms with Crippen LogP contribution in [0.3, 0.4) is 0 Å². The number of anilines is 2. The van der Waals surface area contributed by atoms with E-state index in [1.807, 2.05) is 146 Å². The number of rotatable bonds is 10. The Balaban J connectivity index is 0.828. The molecule has 0 bridgehead atoms. The molecule has 4 amide bonds. The lowest BCUT2D eigenvalue weighted by molar-refractivity contribution is -0.136. The lowest BCUT2D eigenvalue weighted by Crippen LogP contribution is -2.43. The van der Waals surface area contributed by atoms with Crippen molar-refractivity contribution in [3.05, 3.63) is 156 Å². The largest absolute Gasteiger partial charge is 0.330 e. The summed E-state index contributed by atoms with van der Waals surface area (Å²) in [5.74, 6) is -0.402. The molecule has 6 aromatic carbocycles. The van der Waals surface area contributed by atoms with Gasteiger partial charge in [0, 0.05) is 24.5 Å². The number of benzene rings is 6. The van der Waals surface area contributed by atoms with Gasteiger partial charge in [0.15, 0.2) is 0 Å². The molecule has 0 saturated carbocycles. The quantitative estimate of drug-likeness (QED) is 0.138. The van der Waals surface area contributed by atoms with E-state index in [1.165, 1.54) is 0 Å². The number of hydrogen-bond acceptors (Lipinski definition) is 4. The van der Waals surface area contributed by atoms with E-state index in [9.17, 15) is 19.2 Å². The van der Waals surface area contributed by atoms with Crippen molar-refractivity contribution in [1.29, 1.82) is 0 Å². The molecule has 2 atom stereocenters. The van der Waals surface area contributed by atoms with Gasteiger partial charge < -0.3 is 20.4 Å². The number of likely N-dealkylation sites (tertiary alicyclic amines) is 2. The molecule has 2 saturated heterocycles. The van der Waals surface area contributed by atoms with Crippen LogP contribution in [0.4, 0.5) is 11.4 Å². The third kappa shape index (κ3) is 8.10. The Labute approximate surface area is 326 Å². The van der Waals surface area contributed by atoms with E-state index in [0.717, 1.165) is 56.6 Å². The summed E-state index contributed by atoms with van der Waals surface area (Å²) in [6.07, 6.45) is 7.37. The first kappa shape index (κ1) is 36.4. The molecule has 56 heavy (non-hydrogen) atoms. The van der Waals surface area contributed by atoms with Crippen molar-refractivity contribution in [3.63, 3.8) is 0 Å². The Morgan fingerprint density at radius 2 is 0.893 bits per heavy atom. The molecule has 8 rings (SSSR count). The maximum atomic E-state index is 13.4. The maximum absolute atomic E-state index is 13.4. The first-order valence-electron chi connectivity index (χ1n) is 19.4. The fraction of sp³-hybridized carbons (Fsp3) is 0.208. The number of fused-ring (bicyclic) bond motifs is 2. The maximum Gasteiger partial charge on any atom is 0.247 e. The average molecular weight is 741 g/mol. The Bertz CT molecular complexity index is 2260. The number of nitrogens with one attached hydrogen (secondary N) is 2. The van der Waals surface area contributed by atoms with Crippen molar-refractivity contribution in [2.75, 3.05) is 23.7 Å². The van der Waals surface area contributed by atoms with Crippen LogP contribution in [-0.4, -0.2) is 58.6 Å². The van der Waals surface area contributed by atoms with Crippen LogP contribution in [0.1, 0.15) is 47.9 Å². The molecule has 280 valence electrons. The summed E-state index contributed by atoms with van der Waals surface area (Å²) in [5.41, 5.74) is 5.22. The molecule has 0 aliphatic carbocycles. The third-order valence-electron chi connectivity index (χ3n) is 11.0. The Morgan fingerprint density at radius 1 is 0.500 bits per heavy atom. The highest BCUT2D eigenvalue weighted by Gasteiger charge is 2.35. The molecule has 2 fully saturated rings. The van der Waals surface area contributed by atoms with E-state index >= 15 is 0 Å². The molecule has 0 unspecified atom stereocenters. The van der Waals surface area contributed by atoms with Gasteiger partial charge in [-0.05, 0) is 93.7 Å². The van der Waals surface area contributed by atoms with Crippen LogP contribution in [-0.2, 0) is 32.0 Å². The van der Waals surface area contributed by atoms with Gasteiger partial charge in [-0.3, -0.25) is 19.2 Å². The third-order valence-corrected chi connectivity index (χ3v) is 11.0. The van der Waals surface area contributed by atoms with Crippen LogP contribution in [0.15, 0.2) is 133 Å². The lowest BCUT2D eigenvalue weighted by Gasteiger charge is -2.24. The van der Waals surface area contributed by atoms with E-state index in [0.29, 0.717) is 37.3 Å². The molecule has 2 aliphatic rings. The summed E-state index contributed by atoms with van der Waals surface area (Å²) < 4.78 is 0. The minimum atomic E-state index is -0.495. The van der Waals surface area contributed by atoms with Crippen LogP contribution in [0.2, 0.25) is 0 Å². The molecule has 0 aromatic heterocycles. The second-order valence-corrected chi connectivity index (χ2v) is 14.7. The smallest absolute Gasteiger partial charge is 0.247 e. The molecule has 8 heteroatoms. The summed E-state index contributed by atoms with van der Waals surface area (Å²) in [7, 11) is 0. The molecule has 8 nitrogen and oxygen atoms in total. The van der Waals surface area contributed by atoms with Crippen molar-refractivity contribution >= 4 is 68.7 Å². The molecular formula is C48H44N4O4. The zero-order chi connectivity index (χ0) is 38.4. The molecule has 2 aliphatic heterocycles. The van der Waals surface area contributed by atoms with Crippen LogP contribution in [0, 0.1) is 0 Å². The molecule has 2 N–H and O–H groups in total. The van der Waals surface area contributed by atoms with Gasteiger partial charge in [-0.15, -0.1) is 0 Å². The first-order valence-corrected chi connectivity index (χ1v) is 19.4. The van der Waals surface area contributed by atoms with E-state index < -0.39 is 12.1 Å². The number of hydrogen-bond donors (Lipinski definition) is 2. The van der Waals surface area contributed by atoms with Gasteiger partial charge in [0.25, 0.3) is 0 Å². The zero-order valence-corrected chi connectivity index (χ0v) is 31.2. The Kier molecular flexibility index (Phi) is 10.7. The Hall–Kier alpha value is -6.54. The highest BCUT2D eigenvalue weighted by atomic mass is 16.2. The highest BCUT2D eigenvalue weighted by molar-refractivity contribution is 6.00. The Morgan fingerprint density at radius 3 is 1.32 bits per heavy atom. The first-order chi connectivity index (χ1) is 27.4. The molecule has 0 spiro atoms. The average Bonchev–Trinajstić information content (AvgIpc) is 3.93. The predicted molar refractivity (Wildman–Crippen MR) is 224 cm³/mol. The van der Waals surface area contributed by atoms with Gasteiger partial charge >= 0.3 is 0 Å². The van der Waals surface area contributed by atoms with Gasteiger partial charge in [-0.1, -0.05) is 121 Å². The monoisotopic (exact) mass is 740 g/mol. The zero-order valence-electron chi connectivity index (χ0n) is 31.2. The van der Waals surface area contributed by atoms with Crippen molar-refractivity contribution in [2.24, 2.45) is 0 Å². The van der Waals surface area contributed by atoms with Crippen molar-refractivity contribution in [1.82, 2.24) is 9.80 Å². The summed E-state index contributed by atoms with van der Waals surface area (Å²) in [4.78, 5) is 57.0. The van der Waals surface area contributed by atoms with Gasteiger partial charge in [-0.25, -0.2) is 0 Å². The van der Waals surface area contributed by atoms with Crippen LogP contribution >= 0.6 is 0 Å². The van der Waals surface area contributed by atoms with Crippen molar-refractivity contribution < 1.29 is 19.2 Å². The lowest BCUT2D eigenvalue weighted by atomic mass is 10.0. The van der Waals surface area contributed by atoms with E-state index in [4.69, 9.17) is 0 Å². The summed E-state index contributed by atoms with van der Waals surface area (Å²) >= 11 is 0. The number of amides is 4. The second kappa shape index (κ2) is 16.4. The molecular weight excluding hydrogens is 697 g/mol. The minimum Gasteiger partial charge on any atom is -0.330 e. The van der Waals surface area contributed by atoms with E-state index in [-0.39, 0.29) is 36.5 Å². The predicted octanol–water partition coefficient (Wildman–Crippen LogP) is 8.51. The van der Waals surface area contributed by atoms with E-state index in [1.54, 1.807) is 9.80 Å². The van der Waals surface area contributed by atoms with Crippen molar-refractivity contribution in [2.45, 2.75) is 50.6 Å². The number of carbonyl (C=O) groups is 4. The van der Waals surface area contributed by atoms with Gasteiger partial charge in [0.2, 0.25) is 23.6 Å². The summed E-state index contributed by atoms with van der Waals surface area (Å²) in [6.45, 7) is 1.15. The summed E-state index contributed by atoms with van der Waals surface area (Å²) in [6, 6.07) is 42.3. The van der Waals surface area contributed by atoms with Crippen LogP contribution < -0.4 is 10.6 Å². The SMILES string of the molecule is O=C(Nc1ccc(/C=C/c2ccc(NC(=O)[C@@H]3CCCN3C(=O)Cc3cccc4ccccc34)cc2)cc1)[C@@H]1CCCN1C(=O)Cc1cccc2ccccc12. The number of carbonyl (C=O) groups excluding carboxylic acids is 4. The summed E-state index contributed by atoms with van der Waals surface area (Å²) in [5, 5.41) is 10.4. The molecule has 6 aromatic rings. The van der Waals surface area contributed by atoms with Crippen molar-refractivity contribution in [3.8, 4) is 0 Å². The van der Waals surface area contributed by atoms with Gasteiger partial charge in [0.05, 0.1) is 12.8 Å². The standard InChI is InChI=1S/C48H44N4O4/c53-45(31-37-13-5-11-35-9-1-3-15-41(35)37)51-29-7-17-43(51)47(55)49-39-25-21-33(22-26-39)19-20-34-23-27-40(28-24-34)50-48(56)44-18-8-30-52(44)46(54)32-38-14-6-12-36-10-2-4-16-42(36)38/h1-6,9-16,19-28,43-44H,7-8,17-18,29-32H2,(H,49,55)(H,50,56)/b20-19+/t43-,44-/m0/s1. The fourth-order valence-electron chi connectivity index (χ4n) is 8.10. The highest BCUT2D eigenvalue weighted by Crippen LogP contribution is 2.26. The van der Waals surface area contributed by atoms with Crippen LogP contribution in [0.25, 0.3) is 33.7 Å². The fourth-order valence-corrected chi connectivity index (χ4v) is 8.10. The topological polar surface area (TPSA) is 98.8 Å². The second-order valence-electron chi connectivity index (χ2n) is 14.7. The molecule has 0 radical (unpaired) electrons.